The van der Waals surface area contributed by atoms with Crippen LogP contribution in [-0.2, 0) is 27.5 Å². The summed E-state index contributed by atoms with van der Waals surface area (Å²) in [7, 11) is -4.67. The van der Waals surface area contributed by atoms with E-state index >= 15 is 0 Å². The van der Waals surface area contributed by atoms with E-state index in [4.69, 9.17) is 17.5 Å². The van der Waals surface area contributed by atoms with E-state index in [1.165, 1.54) is 0 Å². The summed E-state index contributed by atoms with van der Waals surface area (Å²) in [4.78, 5) is 0. The van der Waals surface area contributed by atoms with E-state index in [-0.39, 0.29) is 52.1 Å². The van der Waals surface area contributed by atoms with Crippen LogP contribution in [0.15, 0.2) is 0 Å². The first-order valence-electron chi connectivity index (χ1n) is 0.698. The van der Waals surface area contributed by atoms with Crippen LogP contribution in [0.5, 0.6) is 0 Å². The van der Waals surface area contributed by atoms with Crippen molar-refractivity contribution in [3.63, 3.8) is 0 Å². The second-order valence-electron chi connectivity index (χ2n) is 0.448. The quantitative estimate of drug-likeness (QED) is 0.340. The summed E-state index contributed by atoms with van der Waals surface area (Å²) in [6.07, 6.45) is 0. The van der Waals surface area contributed by atoms with Gasteiger partial charge >= 0.3 is 40.0 Å². The Bertz CT molecular complexity index is 95.6. The predicted molar refractivity (Wildman–Crippen MR) is 24.9 cm³/mol. The molecule has 8 heteroatoms. The van der Waals surface area contributed by atoms with Crippen molar-refractivity contribution in [1.82, 2.24) is 0 Å². The zero-order valence-corrected chi connectivity index (χ0v) is 4.89. The minimum atomic E-state index is -4.67. The standard InChI is InChI=1S/Fe.Na.H2O4S.H2O.H/c;;1-5(2,3)4;;/h;;(H2,1,2,3,4);1H2;. The van der Waals surface area contributed by atoms with Gasteiger partial charge in [0.1, 0.15) is 0 Å². The van der Waals surface area contributed by atoms with Gasteiger partial charge < -0.3 is 5.48 Å². The average Bonchev–Trinajstić information content (AvgIpc) is 0.722. The van der Waals surface area contributed by atoms with Gasteiger partial charge in [0, 0.05) is 17.1 Å². The Labute approximate surface area is 79.5 Å². The van der Waals surface area contributed by atoms with Crippen molar-refractivity contribution in [3.05, 3.63) is 0 Å². The van der Waals surface area contributed by atoms with Crippen molar-refractivity contribution in [2.75, 3.05) is 0 Å². The van der Waals surface area contributed by atoms with E-state index in [0.717, 1.165) is 0 Å². The third-order valence-electron chi connectivity index (χ3n) is 0. The average molecular weight is 196 g/mol. The van der Waals surface area contributed by atoms with Gasteiger partial charge in [-0.25, -0.2) is 0 Å². The molecule has 0 bridgehead atoms. The summed E-state index contributed by atoms with van der Waals surface area (Å²) in [5.74, 6) is 0. The van der Waals surface area contributed by atoms with Crippen molar-refractivity contribution >= 4 is 40.0 Å². The molecule has 0 heterocycles. The fraction of sp³-hybridized carbons (Fsp3) is 0. The molecule has 0 aliphatic carbocycles. The zero-order valence-electron chi connectivity index (χ0n) is 2.97. The van der Waals surface area contributed by atoms with Gasteiger partial charge in [0.15, 0.2) is 0 Å². The predicted octanol–water partition coefficient (Wildman–Crippen LogP) is -2.13. The van der Waals surface area contributed by atoms with Crippen LogP contribution in [0.2, 0.25) is 0 Å². The van der Waals surface area contributed by atoms with E-state index in [9.17, 15) is 0 Å². The van der Waals surface area contributed by atoms with Crippen molar-refractivity contribution in [2.45, 2.75) is 0 Å². The number of rotatable bonds is 0. The normalized spacial score (nSPS) is 7.25. The van der Waals surface area contributed by atoms with Crippen LogP contribution in [0.1, 0.15) is 0 Å². The van der Waals surface area contributed by atoms with Gasteiger partial charge in [-0.15, -0.1) is 0 Å². The van der Waals surface area contributed by atoms with Crippen LogP contribution in [0.25, 0.3) is 0 Å². The summed E-state index contributed by atoms with van der Waals surface area (Å²) in [5.41, 5.74) is 0. The van der Waals surface area contributed by atoms with Crippen molar-refractivity contribution < 1.29 is 40.1 Å². The van der Waals surface area contributed by atoms with Gasteiger partial charge in [-0.05, 0) is 0 Å². The van der Waals surface area contributed by atoms with Crippen LogP contribution in [-0.4, -0.2) is 52.6 Å². The van der Waals surface area contributed by atoms with Gasteiger partial charge in [0.2, 0.25) is 0 Å². The first-order chi connectivity index (χ1) is 2.00. The van der Waals surface area contributed by atoms with Crippen molar-refractivity contribution in [3.8, 4) is 0 Å². The molecule has 8 heavy (non-hydrogen) atoms. The Morgan fingerprint density at radius 3 is 1.12 bits per heavy atom. The first-order valence-corrected chi connectivity index (χ1v) is 2.10. The molecule has 0 rings (SSSR count). The Morgan fingerprint density at radius 1 is 1.12 bits per heavy atom. The topological polar surface area (TPSA) is 106 Å². The van der Waals surface area contributed by atoms with Gasteiger partial charge in [-0.1, -0.05) is 0 Å². The molecule has 0 aromatic carbocycles. The van der Waals surface area contributed by atoms with E-state index in [1.807, 2.05) is 0 Å². The molecule has 4 N–H and O–H groups in total. The molecule has 0 aromatic rings. The second-order valence-corrected chi connectivity index (χ2v) is 1.34. The Balaban J connectivity index is -0.0000000267. The Morgan fingerprint density at radius 2 is 1.12 bits per heavy atom. The molecule has 0 aliphatic heterocycles. The van der Waals surface area contributed by atoms with Gasteiger partial charge in [0.25, 0.3) is 0 Å². The van der Waals surface area contributed by atoms with Crippen molar-refractivity contribution in [2.24, 2.45) is 0 Å². The summed E-state index contributed by atoms with van der Waals surface area (Å²) in [5, 5.41) is 0. The number of hydrogen-bond donors (Lipinski definition) is 2. The van der Waals surface area contributed by atoms with E-state index < -0.39 is 10.4 Å². The third kappa shape index (κ3) is 163. The van der Waals surface area contributed by atoms with E-state index in [1.54, 1.807) is 0 Å². The fourth-order valence-electron chi connectivity index (χ4n) is 0. The molecular formula is H5FeNaO5S. The Kier molecular flexibility index (Phi) is 23.8. The molecule has 0 saturated carbocycles. The van der Waals surface area contributed by atoms with Gasteiger partial charge in [-0.2, -0.15) is 8.42 Å². The maximum absolute atomic E-state index is 8.74. The van der Waals surface area contributed by atoms with E-state index in [0.29, 0.717) is 0 Å². The van der Waals surface area contributed by atoms with Crippen molar-refractivity contribution in [1.29, 1.82) is 0 Å². The summed E-state index contributed by atoms with van der Waals surface area (Å²) >= 11 is 0. The molecule has 0 spiro atoms. The van der Waals surface area contributed by atoms with Gasteiger partial charge in [0.05, 0.1) is 0 Å². The molecule has 0 unspecified atom stereocenters. The molecule has 0 aliphatic rings. The molecule has 0 atom stereocenters. The number of hydrogen-bond acceptors (Lipinski definition) is 2. The third-order valence-corrected chi connectivity index (χ3v) is 0. The molecule has 50 valence electrons. The minimum absolute atomic E-state index is 0. The van der Waals surface area contributed by atoms with Crippen LogP contribution in [0.4, 0.5) is 0 Å². The maximum atomic E-state index is 8.74. The zero-order chi connectivity index (χ0) is 4.50. The first kappa shape index (κ1) is 22.8. The fourth-order valence-corrected chi connectivity index (χ4v) is 0. The molecule has 5 nitrogen and oxygen atoms in total. The summed E-state index contributed by atoms with van der Waals surface area (Å²) in [6, 6.07) is 0. The second kappa shape index (κ2) is 8.35. The Hall–Kier alpha value is 1.35. The summed E-state index contributed by atoms with van der Waals surface area (Å²) < 4.78 is 31.6. The van der Waals surface area contributed by atoms with E-state index in [2.05, 4.69) is 0 Å². The molecule has 0 amide bonds. The molecule has 0 saturated heterocycles. The van der Waals surface area contributed by atoms with Crippen LogP contribution in [0, 0.1) is 0 Å². The molecule has 0 aromatic heterocycles. The van der Waals surface area contributed by atoms with Crippen LogP contribution < -0.4 is 0 Å². The van der Waals surface area contributed by atoms with Crippen LogP contribution >= 0.6 is 0 Å². The molecule has 0 fully saturated rings. The van der Waals surface area contributed by atoms with Crippen LogP contribution in [0.3, 0.4) is 0 Å². The molecular weight excluding hydrogens is 191 g/mol. The summed E-state index contributed by atoms with van der Waals surface area (Å²) in [6.45, 7) is 0. The molecule has 0 radical (unpaired) electrons. The SMILES string of the molecule is O.O=S(=O)(O)O.[Fe].[NaH]. The monoisotopic (exact) mass is 196 g/mol. The van der Waals surface area contributed by atoms with Gasteiger partial charge in [-0.3, -0.25) is 9.11 Å².